The minimum Gasteiger partial charge on any atom is -0.497 e. The molecule has 0 fully saturated rings. The van der Waals surface area contributed by atoms with Gasteiger partial charge in [0.25, 0.3) is 0 Å². The molecule has 20 heavy (non-hydrogen) atoms. The van der Waals surface area contributed by atoms with Crippen molar-refractivity contribution in [3.05, 3.63) is 18.2 Å². The van der Waals surface area contributed by atoms with Gasteiger partial charge < -0.3 is 10.5 Å². The zero-order valence-electron chi connectivity index (χ0n) is 12.0. The number of nitrogens with zero attached hydrogens (tertiary/aromatic N) is 1. The van der Waals surface area contributed by atoms with Gasteiger partial charge in [0.2, 0.25) is 0 Å². The van der Waals surface area contributed by atoms with Crippen LogP contribution in [0.1, 0.15) is 26.7 Å². The van der Waals surface area contributed by atoms with Crippen molar-refractivity contribution < 1.29 is 13.2 Å². The number of benzene rings is 1. The fourth-order valence-electron chi connectivity index (χ4n) is 1.78. The van der Waals surface area contributed by atoms with Gasteiger partial charge in [-0.25, -0.2) is 8.42 Å². The number of hydrogen-bond donors (Lipinski definition) is 1. The predicted octanol–water partition coefficient (Wildman–Crippen LogP) is 2.38. The second-order valence-corrected chi connectivity index (χ2v) is 7.40. The Bertz CT molecular complexity index is 616. The molecule has 1 aromatic rings. The lowest BCUT2D eigenvalue weighted by Gasteiger charge is -2.15. The third kappa shape index (κ3) is 4.14. The van der Waals surface area contributed by atoms with Crippen LogP contribution in [0.25, 0.3) is 0 Å². The lowest BCUT2D eigenvalue weighted by molar-refractivity contribution is 0.413. The molecule has 0 atom stereocenters. The van der Waals surface area contributed by atoms with Crippen molar-refractivity contribution >= 4 is 15.5 Å². The molecule has 5 nitrogen and oxygen atoms in total. The summed E-state index contributed by atoms with van der Waals surface area (Å²) in [5.41, 5.74) is 5.42. The molecule has 1 rings (SSSR count). The second kappa shape index (κ2) is 6.14. The number of anilines is 1. The number of sulfone groups is 1. The van der Waals surface area contributed by atoms with Gasteiger partial charge >= 0.3 is 0 Å². The SMILES string of the molecule is COc1ccc(N)c(S(=O)(=O)CCCC(C)(C)C#N)c1. The lowest BCUT2D eigenvalue weighted by Crippen LogP contribution is -2.14. The van der Waals surface area contributed by atoms with Crippen LogP contribution < -0.4 is 10.5 Å². The lowest BCUT2D eigenvalue weighted by atomic mass is 9.90. The van der Waals surface area contributed by atoms with Crippen LogP contribution in [0.3, 0.4) is 0 Å². The summed E-state index contributed by atoms with van der Waals surface area (Å²) >= 11 is 0. The molecule has 0 heterocycles. The minimum atomic E-state index is -3.47. The maximum Gasteiger partial charge on any atom is 0.180 e. The zero-order valence-corrected chi connectivity index (χ0v) is 12.8. The van der Waals surface area contributed by atoms with Crippen LogP contribution >= 0.6 is 0 Å². The summed E-state index contributed by atoms with van der Waals surface area (Å²) in [6.45, 7) is 3.58. The minimum absolute atomic E-state index is 0.0323. The van der Waals surface area contributed by atoms with Crippen molar-refractivity contribution in [1.29, 1.82) is 5.26 Å². The molecule has 0 unspecified atom stereocenters. The van der Waals surface area contributed by atoms with Gasteiger partial charge in [-0.3, -0.25) is 0 Å². The maximum absolute atomic E-state index is 12.3. The Morgan fingerprint density at radius 3 is 2.60 bits per heavy atom. The summed E-state index contributed by atoms with van der Waals surface area (Å²) in [5.74, 6) is 0.422. The Labute approximate surface area is 120 Å². The fourth-order valence-corrected chi connectivity index (χ4v) is 3.25. The molecule has 0 saturated heterocycles. The third-order valence-electron chi connectivity index (χ3n) is 3.07. The number of methoxy groups -OCH3 is 1. The summed E-state index contributed by atoms with van der Waals surface area (Å²) in [5, 5.41) is 8.92. The molecule has 0 aromatic heterocycles. The van der Waals surface area contributed by atoms with Crippen molar-refractivity contribution in [2.24, 2.45) is 5.41 Å². The molecule has 0 spiro atoms. The molecular weight excluding hydrogens is 276 g/mol. The third-order valence-corrected chi connectivity index (χ3v) is 4.92. The molecule has 1 aromatic carbocycles. The van der Waals surface area contributed by atoms with E-state index in [9.17, 15) is 8.42 Å². The summed E-state index contributed by atoms with van der Waals surface area (Å²) in [6, 6.07) is 6.73. The van der Waals surface area contributed by atoms with Gasteiger partial charge in [-0.1, -0.05) is 0 Å². The van der Waals surface area contributed by atoms with Crippen LogP contribution in [-0.4, -0.2) is 21.3 Å². The van der Waals surface area contributed by atoms with Crippen molar-refractivity contribution in [3.8, 4) is 11.8 Å². The van der Waals surface area contributed by atoms with E-state index >= 15 is 0 Å². The van der Waals surface area contributed by atoms with Gasteiger partial charge in [-0.2, -0.15) is 5.26 Å². The van der Waals surface area contributed by atoms with Crippen LogP contribution in [0, 0.1) is 16.7 Å². The largest absolute Gasteiger partial charge is 0.497 e. The number of nitrogens with two attached hydrogens (primary N) is 1. The number of nitriles is 1. The van der Waals surface area contributed by atoms with Crippen molar-refractivity contribution in [3.63, 3.8) is 0 Å². The van der Waals surface area contributed by atoms with Gasteiger partial charge in [0, 0.05) is 6.07 Å². The molecule has 0 aliphatic rings. The van der Waals surface area contributed by atoms with E-state index in [1.807, 2.05) is 0 Å². The van der Waals surface area contributed by atoms with Gasteiger partial charge in [0.05, 0.1) is 34.9 Å². The Morgan fingerprint density at radius 2 is 2.05 bits per heavy atom. The first-order chi connectivity index (χ1) is 9.22. The molecule has 0 amide bonds. The standard InChI is InChI=1S/C14H20N2O3S/c1-14(2,10-15)7-4-8-20(17,18)13-9-11(19-3)5-6-12(13)16/h5-6,9H,4,7-8,16H2,1-3H3. The Balaban J connectivity index is 2.87. The molecule has 6 heteroatoms. The highest BCUT2D eigenvalue weighted by atomic mass is 32.2. The first-order valence-electron chi connectivity index (χ1n) is 6.29. The zero-order chi connectivity index (χ0) is 15.4. The van der Waals surface area contributed by atoms with Crippen molar-refractivity contribution in [1.82, 2.24) is 0 Å². The fraction of sp³-hybridized carbons (Fsp3) is 0.500. The first kappa shape index (κ1) is 16.3. The summed E-state index contributed by atoms with van der Waals surface area (Å²) in [7, 11) is -2.00. The number of hydrogen-bond acceptors (Lipinski definition) is 5. The second-order valence-electron chi connectivity index (χ2n) is 5.32. The topological polar surface area (TPSA) is 93.2 Å². The molecule has 2 N–H and O–H groups in total. The van der Waals surface area contributed by atoms with E-state index in [-0.39, 0.29) is 16.3 Å². The highest BCUT2D eigenvalue weighted by Crippen LogP contribution is 2.27. The van der Waals surface area contributed by atoms with Gasteiger partial charge in [-0.05, 0) is 38.8 Å². The van der Waals surface area contributed by atoms with E-state index in [1.54, 1.807) is 19.9 Å². The van der Waals surface area contributed by atoms with E-state index in [2.05, 4.69) is 6.07 Å². The van der Waals surface area contributed by atoms with Gasteiger partial charge in [-0.15, -0.1) is 0 Å². The summed E-state index contributed by atoms with van der Waals surface area (Å²) in [4.78, 5) is 0.0895. The first-order valence-corrected chi connectivity index (χ1v) is 7.94. The number of rotatable bonds is 6. The van der Waals surface area contributed by atoms with Crippen molar-refractivity contribution in [2.45, 2.75) is 31.6 Å². The normalized spacial score (nSPS) is 11.9. The molecule has 0 aliphatic heterocycles. The van der Waals surface area contributed by atoms with Crippen LogP contribution in [0.4, 0.5) is 5.69 Å². The van der Waals surface area contributed by atoms with Crippen LogP contribution in [0.15, 0.2) is 23.1 Å². The molecule has 0 bridgehead atoms. The summed E-state index contributed by atoms with van der Waals surface area (Å²) < 4.78 is 29.6. The van der Waals surface area contributed by atoms with E-state index in [4.69, 9.17) is 15.7 Å². The molecule has 110 valence electrons. The molecular formula is C14H20N2O3S. The quantitative estimate of drug-likeness (QED) is 0.813. The highest BCUT2D eigenvalue weighted by molar-refractivity contribution is 7.91. The van der Waals surface area contributed by atoms with E-state index in [1.165, 1.54) is 19.2 Å². The monoisotopic (exact) mass is 296 g/mol. The van der Waals surface area contributed by atoms with E-state index < -0.39 is 15.3 Å². The average Bonchev–Trinajstić information content (AvgIpc) is 2.38. The van der Waals surface area contributed by atoms with E-state index in [0.717, 1.165) is 0 Å². The Morgan fingerprint density at radius 1 is 1.40 bits per heavy atom. The smallest absolute Gasteiger partial charge is 0.180 e. The van der Waals surface area contributed by atoms with Gasteiger partial charge in [0.15, 0.2) is 9.84 Å². The summed E-state index contributed by atoms with van der Waals surface area (Å²) in [6.07, 6.45) is 0.937. The highest BCUT2D eigenvalue weighted by Gasteiger charge is 2.22. The van der Waals surface area contributed by atoms with Crippen LogP contribution in [0.2, 0.25) is 0 Å². The number of nitrogen functional groups attached to an aromatic ring is 1. The van der Waals surface area contributed by atoms with Crippen molar-refractivity contribution in [2.75, 3.05) is 18.6 Å². The Kier molecular flexibility index (Phi) is 5.01. The number of ether oxygens (including phenoxy) is 1. The molecule has 0 aliphatic carbocycles. The van der Waals surface area contributed by atoms with Crippen LogP contribution in [-0.2, 0) is 9.84 Å². The Hall–Kier alpha value is -1.74. The van der Waals surface area contributed by atoms with Gasteiger partial charge in [0.1, 0.15) is 5.75 Å². The van der Waals surface area contributed by atoms with Crippen LogP contribution in [0.5, 0.6) is 5.75 Å². The predicted molar refractivity (Wildman–Crippen MR) is 78.1 cm³/mol. The maximum atomic E-state index is 12.3. The average molecular weight is 296 g/mol. The van der Waals surface area contributed by atoms with E-state index in [0.29, 0.717) is 18.6 Å². The molecule has 0 saturated carbocycles. The molecule has 0 radical (unpaired) electrons.